The number of carboxylic acids is 1. The van der Waals surface area contributed by atoms with Gasteiger partial charge in [-0.05, 0) is 13.0 Å². The van der Waals surface area contributed by atoms with Crippen molar-refractivity contribution in [3.8, 4) is 5.75 Å². The lowest BCUT2D eigenvalue weighted by Crippen LogP contribution is -2.04. The zero-order chi connectivity index (χ0) is 10.7. The van der Waals surface area contributed by atoms with Crippen molar-refractivity contribution in [2.24, 2.45) is 0 Å². The van der Waals surface area contributed by atoms with Crippen LogP contribution in [0.15, 0.2) is 12.1 Å². The van der Waals surface area contributed by atoms with Gasteiger partial charge in [0.25, 0.3) is 0 Å². The quantitative estimate of drug-likeness (QED) is 0.848. The number of hydrogen-bond acceptors (Lipinski definition) is 2. The third-order valence-corrected chi connectivity index (χ3v) is 1.75. The van der Waals surface area contributed by atoms with E-state index in [-0.39, 0.29) is 17.4 Å². The minimum atomic E-state index is -1.37. The zero-order valence-corrected chi connectivity index (χ0v) is 8.14. The Bertz CT molecular complexity index is 365. The first-order valence-electron chi connectivity index (χ1n) is 3.91. The highest BCUT2D eigenvalue weighted by Gasteiger charge is 2.16. The van der Waals surface area contributed by atoms with Crippen LogP contribution in [0.1, 0.15) is 17.3 Å². The first-order valence-corrected chi connectivity index (χ1v) is 4.29. The average Bonchev–Trinajstić information content (AvgIpc) is 2.10. The van der Waals surface area contributed by atoms with Crippen molar-refractivity contribution in [2.45, 2.75) is 6.92 Å². The van der Waals surface area contributed by atoms with Crippen molar-refractivity contribution in [2.75, 3.05) is 6.61 Å². The number of carbonyl (C=O) groups is 1. The fraction of sp³-hybridized carbons (Fsp3) is 0.222. The van der Waals surface area contributed by atoms with Gasteiger partial charge in [0.15, 0.2) is 11.6 Å². The molecule has 0 amide bonds. The van der Waals surface area contributed by atoms with Gasteiger partial charge in [-0.15, -0.1) is 0 Å². The second-order valence-electron chi connectivity index (χ2n) is 2.50. The molecule has 1 aromatic carbocycles. The van der Waals surface area contributed by atoms with Crippen LogP contribution in [0.3, 0.4) is 0 Å². The summed E-state index contributed by atoms with van der Waals surface area (Å²) in [4.78, 5) is 10.6. The number of benzene rings is 1. The lowest BCUT2D eigenvalue weighted by molar-refractivity contribution is 0.0690. The van der Waals surface area contributed by atoms with E-state index in [1.807, 2.05) is 0 Å². The van der Waals surface area contributed by atoms with Crippen LogP contribution in [-0.4, -0.2) is 17.7 Å². The van der Waals surface area contributed by atoms with Gasteiger partial charge in [0.1, 0.15) is 5.56 Å². The van der Waals surface area contributed by atoms with Gasteiger partial charge in [0, 0.05) is 11.1 Å². The van der Waals surface area contributed by atoms with Crippen molar-refractivity contribution in [3.63, 3.8) is 0 Å². The molecule has 0 saturated carbocycles. The van der Waals surface area contributed by atoms with E-state index in [0.29, 0.717) is 0 Å². The van der Waals surface area contributed by atoms with Gasteiger partial charge < -0.3 is 9.84 Å². The van der Waals surface area contributed by atoms with E-state index >= 15 is 0 Å². The van der Waals surface area contributed by atoms with Gasteiger partial charge in [0.05, 0.1) is 6.61 Å². The third kappa shape index (κ3) is 2.14. The van der Waals surface area contributed by atoms with E-state index in [4.69, 9.17) is 21.4 Å². The van der Waals surface area contributed by atoms with Crippen LogP contribution >= 0.6 is 11.6 Å². The largest absolute Gasteiger partial charge is 0.491 e. The Labute approximate surface area is 85.1 Å². The Hall–Kier alpha value is -1.29. The summed E-state index contributed by atoms with van der Waals surface area (Å²) in [6, 6.07) is 2.29. The Morgan fingerprint density at radius 3 is 2.79 bits per heavy atom. The number of halogens is 2. The molecule has 0 heterocycles. The van der Waals surface area contributed by atoms with Crippen molar-refractivity contribution in [1.82, 2.24) is 0 Å². The summed E-state index contributed by atoms with van der Waals surface area (Å²) in [7, 11) is 0. The summed E-state index contributed by atoms with van der Waals surface area (Å²) in [5, 5.41) is 8.76. The number of aromatic carboxylic acids is 1. The topological polar surface area (TPSA) is 46.5 Å². The summed E-state index contributed by atoms with van der Waals surface area (Å²) >= 11 is 5.59. The van der Waals surface area contributed by atoms with Gasteiger partial charge in [0.2, 0.25) is 0 Å². The molecule has 0 saturated heterocycles. The molecule has 0 bridgehead atoms. The van der Waals surface area contributed by atoms with Crippen LogP contribution in [-0.2, 0) is 0 Å². The fourth-order valence-corrected chi connectivity index (χ4v) is 1.19. The number of ether oxygens (including phenoxy) is 1. The molecule has 5 heteroatoms. The number of hydrogen-bond donors (Lipinski definition) is 1. The van der Waals surface area contributed by atoms with Crippen LogP contribution in [0.25, 0.3) is 0 Å². The van der Waals surface area contributed by atoms with Gasteiger partial charge in [-0.25, -0.2) is 9.18 Å². The summed E-state index contributed by atoms with van der Waals surface area (Å²) in [5.74, 6) is -2.41. The highest BCUT2D eigenvalue weighted by Crippen LogP contribution is 2.25. The Morgan fingerprint density at radius 1 is 1.64 bits per heavy atom. The van der Waals surface area contributed by atoms with Crippen molar-refractivity contribution in [3.05, 3.63) is 28.5 Å². The fourth-order valence-electron chi connectivity index (χ4n) is 0.980. The van der Waals surface area contributed by atoms with Gasteiger partial charge in [-0.1, -0.05) is 11.6 Å². The third-order valence-electron chi connectivity index (χ3n) is 1.53. The molecule has 0 aromatic heterocycles. The molecule has 76 valence electrons. The molecule has 0 fully saturated rings. The van der Waals surface area contributed by atoms with Crippen LogP contribution in [0, 0.1) is 5.82 Å². The normalized spacial score (nSPS) is 9.93. The molecule has 0 spiro atoms. The molecular weight excluding hydrogens is 211 g/mol. The minimum absolute atomic E-state index is 0.132. The monoisotopic (exact) mass is 218 g/mol. The molecule has 1 rings (SSSR count). The van der Waals surface area contributed by atoms with Crippen LogP contribution in [0.2, 0.25) is 5.02 Å². The Morgan fingerprint density at radius 2 is 2.29 bits per heavy atom. The first-order chi connectivity index (χ1) is 6.56. The maximum atomic E-state index is 13.3. The Kier molecular flexibility index (Phi) is 3.30. The summed E-state index contributed by atoms with van der Waals surface area (Å²) < 4.78 is 18.2. The van der Waals surface area contributed by atoms with Gasteiger partial charge >= 0.3 is 5.97 Å². The van der Waals surface area contributed by atoms with Crippen molar-refractivity contribution in [1.29, 1.82) is 0 Å². The predicted molar refractivity (Wildman–Crippen MR) is 49.5 cm³/mol. The standard InChI is InChI=1S/C9H8ClFO3/c1-2-14-7-4-5(10)3-6(8(7)11)9(12)13/h3-4H,2H2,1H3,(H,12,13). The Balaban J connectivity index is 3.24. The lowest BCUT2D eigenvalue weighted by atomic mass is 10.2. The summed E-state index contributed by atoms with van der Waals surface area (Å²) in [6.07, 6.45) is 0. The SMILES string of the molecule is CCOc1cc(Cl)cc(C(=O)O)c1F. The van der Waals surface area contributed by atoms with Gasteiger partial charge in [-0.2, -0.15) is 0 Å². The maximum Gasteiger partial charge on any atom is 0.338 e. The van der Waals surface area contributed by atoms with E-state index in [9.17, 15) is 9.18 Å². The molecule has 0 atom stereocenters. The van der Waals surface area contributed by atoms with E-state index in [0.717, 1.165) is 6.07 Å². The van der Waals surface area contributed by atoms with Crippen LogP contribution in [0.5, 0.6) is 5.75 Å². The highest BCUT2D eigenvalue weighted by molar-refractivity contribution is 6.31. The minimum Gasteiger partial charge on any atom is -0.491 e. The molecule has 1 N–H and O–H groups in total. The number of rotatable bonds is 3. The van der Waals surface area contributed by atoms with Crippen LogP contribution < -0.4 is 4.74 Å². The second-order valence-corrected chi connectivity index (χ2v) is 2.94. The molecule has 0 aliphatic carbocycles. The molecule has 1 aromatic rings. The van der Waals surface area contributed by atoms with E-state index in [1.54, 1.807) is 6.92 Å². The van der Waals surface area contributed by atoms with Crippen molar-refractivity contribution >= 4 is 17.6 Å². The zero-order valence-electron chi connectivity index (χ0n) is 7.38. The molecule has 0 aliphatic heterocycles. The van der Waals surface area contributed by atoms with E-state index in [2.05, 4.69) is 0 Å². The van der Waals surface area contributed by atoms with Crippen molar-refractivity contribution < 1.29 is 19.0 Å². The smallest absolute Gasteiger partial charge is 0.338 e. The molecule has 0 unspecified atom stereocenters. The van der Waals surface area contributed by atoms with E-state index < -0.39 is 17.3 Å². The predicted octanol–water partition coefficient (Wildman–Crippen LogP) is 2.58. The first kappa shape index (κ1) is 10.8. The van der Waals surface area contributed by atoms with Crippen LogP contribution in [0.4, 0.5) is 4.39 Å². The van der Waals surface area contributed by atoms with E-state index in [1.165, 1.54) is 6.07 Å². The second kappa shape index (κ2) is 4.28. The number of carboxylic acid groups (broad SMARTS) is 1. The maximum absolute atomic E-state index is 13.3. The molecule has 14 heavy (non-hydrogen) atoms. The summed E-state index contributed by atoms with van der Waals surface area (Å²) in [6.45, 7) is 1.91. The average molecular weight is 219 g/mol. The molecular formula is C9H8ClFO3. The molecule has 3 nitrogen and oxygen atoms in total. The highest BCUT2D eigenvalue weighted by atomic mass is 35.5. The van der Waals surface area contributed by atoms with Gasteiger partial charge in [-0.3, -0.25) is 0 Å². The summed E-state index contributed by atoms with van der Waals surface area (Å²) in [5.41, 5.74) is -0.485. The lowest BCUT2D eigenvalue weighted by Gasteiger charge is -2.06. The molecule has 0 aliphatic rings. The molecule has 0 radical (unpaired) electrons.